The third-order valence-electron chi connectivity index (χ3n) is 5.11. The zero-order chi connectivity index (χ0) is 21.4. The van der Waals surface area contributed by atoms with E-state index in [1.165, 1.54) is 16.2 Å². The average Bonchev–Trinajstić information content (AvgIpc) is 3.35. The van der Waals surface area contributed by atoms with Gasteiger partial charge in [-0.15, -0.1) is 11.3 Å². The van der Waals surface area contributed by atoms with Crippen LogP contribution in [0.5, 0.6) is 0 Å². The highest BCUT2D eigenvalue weighted by Crippen LogP contribution is 2.42. The Balaban J connectivity index is 1.90. The molecule has 1 aromatic heterocycles. The summed E-state index contributed by atoms with van der Waals surface area (Å²) in [6.07, 6.45) is 1.58. The maximum Gasteiger partial charge on any atom is 0.301 e. The van der Waals surface area contributed by atoms with Crippen LogP contribution < -0.4 is 4.90 Å². The Morgan fingerprint density at radius 3 is 2.33 bits per heavy atom. The Labute approximate surface area is 183 Å². The topological polar surface area (TPSA) is 70.5 Å². The summed E-state index contributed by atoms with van der Waals surface area (Å²) in [5.74, 6) is -1.34. The lowest BCUT2D eigenvalue weighted by molar-refractivity contribution is -0.132. The summed E-state index contributed by atoms with van der Waals surface area (Å²) in [6.45, 7) is 4.19. The van der Waals surface area contributed by atoms with Crippen LogP contribution in [0.4, 0.5) is 5.13 Å². The Morgan fingerprint density at radius 1 is 1.10 bits per heavy atom. The zero-order valence-corrected chi connectivity index (χ0v) is 17.9. The van der Waals surface area contributed by atoms with Gasteiger partial charge in [-0.25, -0.2) is 4.98 Å². The van der Waals surface area contributed by atoms with Gasteiger partial charge in [0.1, 0.15) is 5.76 Å². The predicted molar refractivity (Wildman–Crippen MR) is 119 cm³/mol. The van der Waals surface area contributed by atoms with Crippen molar-refractivity contribution in [3.8, 4) is 0 Å². The molecule has 1 saturated heterocycles. The standard InChI is InChI=1S/C23H19ClN2O3S/c1-13(2)14-3-5-15(6-4-14)19-18(20(27)16-7-9-17(24)10-8-16)21(28)22(29)26(19)23-25-11-12-30-23/h3-13,19,27H,1-2H3. The van der Waals surface area contributed by atoms with E-state index in [2.05, 4.69) is 18.8 Å². The number of thiazole rings is 1. The van der Waals surface area contributed by atoms with Gasteiger partial charge in [0.15, 0.2) is 5.13 Å². The van der Waals surface area contributed by atoms with Gasteiger partial charge in [-0.3, -0.25) is 14.5 Å². The largest absolute Gasteiger partial charge is 0.507 e. The van der Waals surface area contributed by atoms with Crippen molar-refractivity contribution >= 4 is 45.5 Å². The van der Waals surface area contributed by atoms with Gasteiger partial charge in [-0.1, -0.05) is 49.7 Å². The van der Waals surface area contributed by atoms with Gasteiger partial charge < -0.3 is 5.11 Å². The molecule has 1 amide bonds. The molecule has 4 rings (SSSR count). The number of aliphatic hydroxyl groups excluding tert-OH is 1. The second-order valence-electron chi connectivity index (χ2n) is 7.31. The molecule has 1 unspecified atom stereocenters. The molecule has 3 aromatic rings. The van der Waals surface area contributed by atoms with Crippen LogP contribution in [-0.2, 0) is 9.59 Å². The van der Waals surface area contributed by atoms with Gasteiger partial charge in [0, 0.05) is 22.2 Å². The van der Waals surface area contributed by atoms with E-state index >= 15 is 0 Å². The van der Waals surface area contributed by atoms with Crippen LogP contribution in [-0.4, -0.2) is 21.8 Å². The van der Waals surface area contributed by atoms with E-state index in [1.54, 1.807) is 35.8 Å². The molecule has 1 aliphatic heterocycles. The van der Waals surface area contributed by atoms with E-state index in [4.69, 9.17) is 11.6 Å². The number of hydrogen-bond donors (Lipinski definition) is 1. The van der Waals surface area contributed by atoms with Gasteiger partial charge in [0.2, 0.25) is 0 Å². The van der Waals surface area contributed by atoms with Crippen molar-refractivity contribution in [2.24, 2.45) is 0 Å². The molecule has 1 atom stereocenters. The summed E-state index contributed by atoms with van der Waals surface area (Å²) in [5, 5.41) is 13.7. The van der Waals surface area contributed by atoms with Crippen LogP contribution in [0.15, 0.2) is 65.7 Å². The number of halogens is 1. The van der Waals surface area contributed by atoms with E-state index in [0.29, 0.717) is 21.6 Å². The maximum atomic E-state index is 13.0. The molecule has 2 aromatic carbocycles. The van der Waals surface area contributed by atoms with Crippen molar-refractivity contribution < 1.29 is 14.7 Å². The minimum absolute atomic E-state index is 0.0369. The monoisotopic (exact) mass is 438 g/mol. The first-order valence-electron chi connectivity index (χ1n) is 9.44. The van der Waals surface area contributed by atoms with Crippen molar-refractivity contribution in [1.29, 1.82) is 0 Å². The summed E-state index contributed by atoms with van der Waals surface area (Å²) in [5.41, 5.74) is 2.32. The lowest BCUT2D eigenvalue weighted by Crippen LogP contribution is -2.29. The highest BCUT2D eigenvalue weighted by Gasteiger charge is 2.47. The number of nitrogens with zero attached hydrogens (tertiary/aromatic N) is 2. The summed E-state index contributed by atoms with van der Waals surface area (Å²) < 4.78 is 0. The van der Waals surface area contributed by atoms with Gasteiger partial charge in [-0.05, 0) is 41.3 Å². The molecule has 7 heteroatoms. The minimum atomic E-state index is -0.770. The SMILES string of the molecule is CC(C)c1ccc(C2C(=C(O)c3ccc(Cl)cc3)C(=O)C(=O)N2c2nccs2)cc1. The molecule has 0 aliphatic carbocycles. The van der Waals surface area contributed by atoms with Gasteiger partial charge >= 0.3 is 5.91 Å². The van der Waals surface area contributed by atoms with Gasteiger partial charge in [-0.2, -0.15) is 0 Å². The molecule has 5 nitrogen and oxygen atoms in total. The maximum absolute atomic E-state index is 13.0. The molecule has 1 fully saturated rings. The summed E-state index contributed by atoms with van der Waals surface area (Å²) >= 11 is 7.21. The fourth-order valence-corrected chi connectivity index (χ4v) is 4.30. The third kappa shape index (κ3) is 3.53. The van der Waals surface area contributed by atoms with E-state index in [9.17, 15) is 14.7 Å². The zero-order valence-electron chi connectivity index (χ0n) is 16.4. The minimum Gasteiger partial charge on any atom is -0.507 e. The molecule has 2 heterocycles. The Morgan fingerprint density at radius 2 is 1.77 bits per heavy atom. The Bertz CT molecular complexity index is 1120. The fraction of sp³-hybridized carbons (Fsp3) is 0.174. The van der Waals surface area contributed by atoms with Crippen LogP contribution in [0, 0.1) is 0 Å². The van der Waals surface area contributed by atoms with Crippen molar-refractivity contribution in [2.75, 3.05) is 4.90 Å². The Kier molecular flexibility index (Phi) is 5.45. The average molecular weight is 439 g/mol. The molecule has 152 valence electrons. The third-order valence-corrected chi connectivity index (χ3v) is 6.13. The van der Waals surface area contributed by atoms with Crippen LogP contribution in [0.3, 0.4) is 0 Å². The number of benzene rings is 2. The first-order chi connectivity index (χ1) is 14.4. The van der Waals surface area contributed by atoms with Crippen molar-refractivity contribution in [3.05, 3.63) is 87.4 Å². The van der Waals surface area contributed by atoms with Crippen LogP contribution in [0.1, 0.15) is 42.5 Å². The number of aliphatic hydroxyl groups is 1. The second-order valence-corrected chi connectivity index (χ2v) is 8.62. The van der Waals surface area contributed by atoms with Crippen LogP contribution in [0.2, 0.25) is 5.02 Å². The van der Waals surface area contributed by atoms with Crippen molar-refractivity contribution in [2.45, 2.75) is 25.8 Å². The van der Waals surface area contributed by atoms with Gasteiger partial charge in [0.25, 0.3) is 5.78 Å². The number of hydrogen-bond acceptors (Lipinski definition) is 5. The highest BCUT2D eigenvalue weighted by molar-refractivity contribution is 7.14. The molecule has 30 heavy (non-hydrogen) atoms. The smallest absolute Gasteiger partial charge is 0.301 e. The molecular weight excluding hydrogens is 420 g/mol. The molecule has 1 aliphatic rings. The van der Waals surface area contributed by atoms with E-state index in [-0.39, 0.29) is 11.3 Å². The quantitative estimate of drug-likeness (QED) is 0.329. The predicted octanol–water partition coefficient (Wildman–Crippen LogP) is 5.55. The highest BCUT2D eigenvalue weighted by atomic mass is 35.5. The van der Waals surface area contributed by atoms with Crippen molar-refractivity contribution in [1.82, 2.24) is 4.98 Å². The normalized spacial score (nSPS) is 18.4. The van der Waals surface area contributed by atoms with Crippen LogP contribution >= 0.6 is 22.9 Å². The molecular formula is C23H19ClN2O3S. The Hall–Kier alpha value is -2.96. The summed E-state index contributed by atoms with van der Waals surface area (Å²) in [4.78, 5) is 31.5. The van der Waals surface area contributed by atoms with E-state index in [1.807, 2.05) is 24.3 Å². The van der Waals surface area contributed by atoms with E-state index < -0.39 is 17.7 Å². The number of carbonyl (C=O) groups is 2. The molecule has 0 saturated carbocycles. The molecule has 0 spiro atoms. The van der Waals surface area contributed by atoms with Crippen LogP contribution in [0.25, 0.3) is 5.76 Å². The number of ketones is 1. The fourth-order valence-electron chi connectivity index (χ4n) is 3.51. The van der Waals surface area contributed by atoms with E-state index in [0.717, 1.165) is 11.1 Å². The molecule has 0 bridgehead atoms. The second kappa shape index (κ2) is 8.05. The number of anilines is 1. The number of Topliss-reactive ketones (excluding diaryl/α,β-unsaturated/α-hetero) is 1. The molecule has 0 radical (unpaired) electrons. The molecule has 1 N–H and O–H groups in total. The summed E-state index contributed by atoms with van der Waals surface area (Å²) in [7, 11) is 0. The summed E-state index contributed by atoms with van der Waals surface area (Å²) in [6, 6.07) is 13.5. The number of carbonyl (C=O) groups excluding carboxylic acids is 2. The lowest BCUT2D eigenvalue weighted by Gasteiger charge is -2.23. The van der Waals surface area contributed by atoms with Gasteiger partial charge in [0.05, 0.1) is 11.6 Å². The first-order valence-corrected chi connectivity index (χ1v) is 10.7. The first kappa shape index (κ1) is 20.3. The number of amides is 1. The number of rotatable bonds is 4. The lowest BCUT2D eigenvalue weighted by atomic mass is 9.93. The number of aromatic nitrogens is 1. The van der Waals surface area contributed by atoms with Crippen molar-refractivity contribution in [3.63, 3.8) is 0 Å².